The van der Waals surface area contributed by atoms with Gasteiger partial charge in [-0.05, 0) is 18.1 Å². The highest BCUT2D eigenvalue weighted by molar-refractivity contribution is 7.99. The molecule has 1 aliphatic heterocycles. The molecule has 0 bridgehead atoms. The van der Waals surface area contributed by atoms with Crippen LogP contribution in [0.5, 0.6) is 0 Å². The molecular formula is C7H6O2S. The first kappa shape index (κ1) is 6.04. The second-order valence-electron chi connectivity index (χ2n) is 2.16. The summed E-state index contributed by atoms with van der Waals surface area (Å²) in [4.78, 5) is 11.7. The fraction of sp³-hybridized carbons (Fsp3) is 0.286. The minimum Gasteiger partial charge on any atom is -0.431 e. The molecular weight excluding hydrogens is 148 g/mol. The van der Waals surface area contributed by atoms with Gasteiger partial charge in [0.1, 0.15) is 0 Å². The number of fused-ring (bicyclic) bond motifs is 1. The molecule has 3 heteroatoms. The average molecular weight is 154 g/mol. The lowest BCUT2D eigenvalue weighted by molar-refractivity contribution is 0.492. The largest absolute Gasteiger partial charge is 0.431 e. The van der Waals surface area contributed by atoms with Crippen LogP contribution in [0, 0.1) is 0 Å². The average Bonchev–Trinajstić information content (AvgIpc) is 2.36. The van der Waals surface area contributed by atoms with Gasteiger partial charge in [0.25, 0.3) is 0 Å². The van der Waals surface area contributed by atoms with E-state index in [1.807, 2.05) is 6.07 Å². The molecule has 1 aliphatic rings. The molecule has 0 unspecified atom stereocenters. The molecule has 52 valence electrons. The van der Waals surface area contributed by atoms with Gasteiger partial charge in [0.05, 0.1) is 11.2 Å². The highest BCUT2D eigenvalue weighted by atomic mass is 32.2. The monoisotopic (exact) mass is 154 g/mol. The number of thioether (sulfide) groups is 1. The quantitative estimate of drug-likeness (QED) is 0.564. The summed E-state index contributed by atoms with van der Waals surface area (Å²) in [6.07, 6.45) is 2.47. The van der Waals surface area contributed by atoms with Crippen LogP contribution in [0.25, 0.3) is 0 Å². The van der Waals surface area contributed by atoms with Gasteiger partial charge in [0, 0.05) is 5.75 Å². The van der Waals surface area contributed by atoms with Gasteiger partial charge in [-0.1, -0.05) is 0 Å². The highest BCUT2D eigenvalue weighted by Crippen LogP contribution is 2.26. The Morgan fingerprint density at radius 2 is 2.50 bits per heavy atom. The van der Waals surface area contributed by atoms with Gasteiger partial charge < -0.3 is 4.42 Å². The van der Waals surface area contributed by atoms with Crippen molar-refractivity contribution in [3.05, 3.63) is 28.3 Å². The Kier molecular flexibility index (Phi) is 1.31. The van der Waals surface area contributed by atoms with Gasteiger partial charge in [0.15, 0.2) is 0 Å². The van der Waals surface area contributed by atoms with E-state index >= 15 is 0 Å². The Labute approximate surface area is 62.2 Å². The standard InChI is InChI=1S/C7H6O2S/c8-7-6-5(1-3-9-7)2-4-10-6/h1,3H,2,4H2. The fourth-order valence-corrected chi connectivity index (χ4v) is 2.10. The van der Waals surface area contributed by atoms with E-state index in [1.54, 1.807) is 11.8 Å². The zero-order valence-electron chi connectivity index (χ0n) is 5.29. The van der Waals surface area contributed by atoms with Crippen LogP contribution in [0.15, 0.2) is 26.4 Å². The molecule has 0 spiro atoms. The number of rotatable bonds is 0. The Hall–Kier alpha value is -0.700. The Morgan fingerprint density at radius 3 is 3.30 bits per heavy atom. The fourth-order valence-electron chi connectivity index (χ4n) is 1.05. The SMILES string of the molecule is O=c1occc2c1SCC2. The number of hydrogen-bond acceptors (Lipinski definition) is 3. The predicted octanol–water partition coefficient (Wildman–Crippen LogP) is 1.29. The lowest BCUT2D eigenvalue weighted by Crippen LogP contribution is -2.00. The molecule has 0 atom stereocenters. The molecule has 2 rings (SSSR count). The summed E-state index contributed by atoms with van der Waals surface area (Å²) in [6.45, 7) is 0. The highest BCUT2D eigenvalue weighted by Gasteiger charge is 2.14. The van der Waals surface area contributed by atoms with Gasteiger partial charge >= 0.3 is 5.63 Å². The van der Waals surface area contributed by atoms with E-state index in [0.717, 1.165) is 22.6 Å². The van der Waals surface area contributed by atoms with Crippen LogP contribution in [0.3, 0.4) is 0 Å². The Bertz CT molecular complexity index is 303. The van der Waals surface area contributed by atoms with E-state index in [-0.39, 0.29) is 5.63 Å². The van der Waals surface area contributed by atoms with Crippen LogP contribution in [0.2, 0.25) is 0 Å². The molecule has 2 heterocycles. The first-order valence-electron chi connectivity index (χ1n) is 3.11. The molecule has 0 radical (unpaired) electrons. The van der Waals surface area contributed by atoms with Crippen molar-refractivity contribution in [3.63, 3.8) is 0 Å². The van der Waals surface area contributed by atoms with E-state index in [1.165, 1.54) is 6.26 Å². The van der Waals surface area contributed by atoms with Crippen molar-refractivity contribution in [3.8, 4) is 0 Å². The summed E-state index contributed by atoms with van der Waals surface area (Å²) in [5.74, 6) is 1.02. The summed E-state index contributed by atoms with van der Waals surface area (Å²) in [6, 6.07) is 1.87. The molecule has 0 aromatic carbocycles. The molecule has 1 aromatic rings. The van der Waals surface area contributed by atoms with Crippen LogP contribution in [0.4, 0.5) is 0 Å². The molecule has 0 aliphatic carbocycles. The van der Waals surface area contributed by atoms with E-state index in [2.05, 4.69) is 0 Å². The number of hydrogen-bond donors (Lipinski definition) is 0. The van der Waals surface area contributed by atoms with E-state index in [9.17, 15) is 4.79 Å². The third kappa shape index (κ3) is 0.778. The van der Waals surface area contributed by atoms with E-state index in [4.69, 9.17) is 4.42 Å². The molecule has 0 N–H and O–H groups in total. The molecule has 0 saturated carbocycles. The minimum absolute atomic E-state index is 0.181. The van der Waals surface area contributed by atoms with Crippen molar-refractivity contribution in [2.75, 3.05) is 5.75 Å². The topological polar surface area (TPSA) is 30.2 Å². The molecule has 10 heavy (non-hydrogen) atoms. The zero-order valence-corrected chi connectivity index (χ0v) is 6.11. The molecule has 2 nitrogen and oxygen atoms in total. The molecule has 0 fully saturated rings. The summed E-state index contributed by atoms with van der Waals surface area (Å²) >= 11 is 1.59. The van der Waals surface area contributed by atoms with Gasteiger partial charge in [-0.2, -0.15) is 0 Å². The molecule has 0 amide bonds. The van der Waals surface area contributed by atoms with Gasteiger partial charge in [-0.25, -0.2) is 4.79 Å². The van der Waals surface area contributed by atoms with Crippen molar-refractivity contribution in [2.45, 2.75) is 11.3 Å². The maximum absolute atomic E-state index is 10.9. The number of aryl methyl sites for hydroxylation is 1. The van der Waals surface area contributed by atoms with Gasteiger partial charge in [-0.3, -0.25) is 0 Å². The van der Waals surface area contributed by atoms with Crippen LogP contribution in [-0.2, 0) is 6.42 Å². The maximum atomic E-state index is 10.9. The summed E-state index contributed by atoms with van der Waals surface area (Å²) < 4.78 is 4.69. The molecule has 0 saturated heterocycles. The van der Waals surface area contributed by atoms with Gasteiger partial charge in [0.2, 0.25) is 0 Å². The minimum atomic E-state index is -0.181. The summed E-state index contributed by atoms with van der Waals surface area (Å²) in [5.41, 5.74) is 0.959. The van der Waals surface area contributed by atoms with Crippen molar-refractivity contribution in [1.82, 2.24) is 0 Å². The lowest BCUT2D eigenvalue weighted by Gasteiger charge is -1.90. The van der Waals surface area contributed by atoms with Gasteiger partial charge in [-0.15, -0.1) is 11.8 Å². The normalized spacial score (nSPS) is 15.2. The first-order chi connectivity index (χ1) is 4.88. The maximum Gasteiger partial charge on any atom is 0.349 e. The second-order valence-corrected chi connectivity index (χ2v) is 3.27. The smallest absolute Gasteiger partial charge is 0.349 e. The van der Waals surface area contributed by atoms with Crippen LogP contribution < -0.4 is 5.63 Å². The van der Waals surface area contributed by atoms with Crippen molar-refractivity contribution in [2.24, 2.45) is 0 Å². The second kappa shape index (κ2) is 2.16. The Morgan fingerprint density at radius 1 is 1.60 bits per heavy atom. The summed E-state index contributed by atoms with van der Waals surface area (Å²) in [7, 11) is 0. The van der Waals surface area contributed by atoms with Crippen LogP contribution in [-0.4, -0.2) is 5.75 Å². The zero-order chi connectivity index (χ0) is 6.97. The Balaban J connectivity index is 2.70. The molecule has 1 aromatic heterocycles. The predicted molar refractivity (Wildman–Crippen MR) is 39.4 cm³/mol. The first-order valence-corrected chi connectivity index (χ1v) is 4.10. The summed E-state index contributed by atoms with van der Waals surface area (Å²) in [5, 5.41) is 0. The van der Waals surface area contributed by atoms with E-state index < -0.39 is 0 Å². The van der Waals surface area contributed by atoms with Crippen molar-refractivity contribution in [1.29, 1.82) is 0 Å². The van der Waals surface area contributed by atoms with Crippen LogP contribution in [0.1, 0.15) is 5.56 Å². The van der Waals surface area contributed by atoms with Crippen molar-refractivity contribution < 1.29 is 4.42 Å². The van der Waals surface area contributed by atoms with Crippen LogP contribution >= 0.6 is 11.8 Å². The third-order valence-corrected chi connectivity index (χ3v) is 2.66. The lowest BCUT2D eigenvalue weighted by atomic mass is 10.2. The third-order valence-electron chi connectivity index (χ3n) is 1.54. The van der Waals surface area contributed by atoms with E-state index in [0.29, 0.717) is 0 Å². The van der Waals surface area contributed by atoms with Crippen molar-refractivity contribution >= 4 is 11.8 Å².